The van der Waals surface area contributed by atoms with Gasteiger partial charge in [0.15, 0.2) is 0 Å². The van der Waals surface area contributed by atoms with Gasteiger partial charge < -0.3 is 4.74 Å². The number of nitrogens with two attached hydrogens (primary N) is 1. The zero-order valence-corrected chi connectivity index (χ0v) is 12.1. The summed E-state index contributed by atoms with van der Waals surface area (Å²) in [5, 5.41) is 0.392. The number of rotatable bonds is 4. The molecule has 5 heteroatoms. The van der Waals surface area contributed by atoms with Crippen molar-refractivity contribution in [1.82, 2.24) is 5.43 Å². The molecule has 110 valence electrons. The molecule has 3 rings (SSSR count). The van der Waals surface area contributed by atoms with Crippen molar-refractivity contribution < 1.29 is 9.13 Å². The summed E-state index contributed by atoms with van der Waals surface area (Å²) in [6, 6.07) is 12.5. The molecule has 2 aromatic carbocycles. The Hall–Kier alpha value is -1.62. The van der Waals surface area contributed by atoms with Crippen LogP contribution in [0.15, 0.2) is 42.5 Å². The van der Waals surface area contributed by atoms with Crippen molar-refractivity contribution >= 4 is 11.6 Å². The number of halogens is 2. The summed E-state index contributed by atoms with van der Waals surface area (Å²) in [5.41, 5.74) is 4.49. The minimum absolute atomic E-state index is 0.0984. The van der Waals surface area contributed by atoms with E-state index in [2.05, 4.69) is 5.43 Å². The molecule has 0 radical (unpaired) electrons. The number of hydrazine groups is 1. The van der Waals surface area contributed by atoms with Crippen LogP contribution in [0.2, 0.25) is 5.02 Å². The first kappa shape index (κ1) is 14.3. The van der Waals surface area contributed by atoms with Crippen LogP contribution in [0.5, 0.6) is 5.75 Å². The Bertz CT molecular complexity index is 650. The lowest BCUT2D eigenvalue weighted by atomic mass is 9.89. The zero-order chi connectivity index (χ0) is 14.8. The standard InChI is InChI=1S/C16H16ClFN2O/c17-11-6-5-10(14(18)8-11)7-15(20-19)13-9-21-16-4-2-1-3-12(13)16/h1-6,8,13,15,20H,7,9,19H2. The second kappa shape index (κ2) is 6.02. The van der Waals surface area contributed by atoms with Gasteiger partial charge in [-0.15, -0.1) is 0 Å². The molecule has 1 aliphatic heterocycles. The maximum Gasteiger partial charge on any atom is 0.127 e. The molecule has 0 aromatic heterocycles. The number of nitrogens with one attached hydrogen (secondary N) is 1. The number of hydrogen-bond donors (Lipinski definition) is 2. The van der Waals surface area contributed by atoms with Crippen molar-refractivity contribution in [3.8, 4) is 5.75 Å². The summed E-state index contributed by atoms with van der Waals surface area (Å²) in [7, 11) is 0. The minimum atomic E-state index is -0.310. The van der Waals surface area contributed by atoms with Crippen LogP contribution < -0.4 is 16.0 Å². The van der Waals surface area contributed by atoms with Gasteiger partial charge in [-0.3, -0.25) is 11.3 Å². The van der Waals surface area contributed by atoms with Gasteiger partial charge in [0.2, 0.25) is 0 Å². The number of para-hydroxylation sites is 1. The molecule has 2 atom stereocenters. The van der Waals surface area contributed by atoms with E-state index in [1.807, 2.05) is 24.3 Å². The van der Waals surface area contributed by atoms with Crippen molar-refractivity contribution in [2.45, 2.75) is 18.4 Å². The second-order valence-electron chi connectivity index (χ2n) is 5.17. The molecule has 2 aromatic rings. The average Bonchev–Trinajstić information content (AvgIpc) is 2.91. The molecule has 0 spiro atoms. The summed E-state index contributed by atoms with van der Waals surface area (Å²) in [6.45, 7) is 0.545. The van der Waals surface area contributed by atoms with Gasteiger partial charge in [0.25, 0.3) is 0 Å². The Morgan fingerprint density at radius 3 is 2.90 bits per heavy atom. The molecule has 1 aliphatic rings. The van der Waals surface area contributed by atoms with Gasteiger partial charge in [-0.05, 0) is 30.2 Å². The third-order valence-corrected chi connectivity index (χ3v) is 4.13. The van der Waals surface area contributed by atoms with E-state index < -0.39 is 0 Å². The van der Waals surface area contributed by atoms with E-state index in [4.69, 9.17) is 22.2 Å². The van der Waals surface area contributed by atoms with Gasteiger partial charge in [-0.1, -0.05) is 35.9 Å². The van der Waals surface area contributed by atoms with E-state index in [0.717, 1.165) is 11.3 Å². The molecule has 0 saturated heterocycles. The third-order valence-electron chi connectivity index (χ3n) is 3.89. The second-order valence-corrected chi connectivity index (χ2v) is 5.60. The fourth-order valence-electron chi connectivity index (χ4n) is 2.76. The lowest BCUT2D eigenvalue weighted by molar-refractivity contribution is 0.297. The molecule has 0 aliphatic carbocycles. The maximum absolute atomic E-state index is 13.9. The minimum Gasteiger partial charge on any atom is -0.493 e. The smallest absolute Gasteiger partial charge is 0.127 e. The van der Waals surface area contributed by atoms with E-state index in [9.17, 15) is 4.39 Å². The van der Waals surface area contributed by atoms with E-state index in [-0.39, 0.29) is 17.8 Å². The molecule has 1 heterocycles. The van der Waals surface area contributed by atoms with Gasteiger partial charge >= 0.3 is 0 Å². The summed E-state index contributed by atoms with van der Waals surface area (Å²) in [4.78, 5) is 0. The van der Waals surface area contributed by atoms with Crippen LogP contribution in [-0.2, 0) is 6.42 Å². The molecular weight excluding hydrogens is 291 g/mol. The molecule has 3 N–H and O–H groups in total. The highest BCUT2D eigenvalue weighted by molar-refractivity contribution is 6.30. The Balaban J connectivity index is 1.83. The molecule has 0 fully saturated rings. The van der Waals surface area contributed by atoms with Crippen LogP contribution >= 0.6 is 11.6 Å². The normalized spacial score (nSPS) is 18.1. The van der Waals surface area contributed by atoms with Crippen LogP contribution in [0.25, 0.3) is 0 Å². The highest BCUT2D eigenvalue weighted by Crippen LogP contribution is 2.36. The van der Waals surface area contributed by atoms with Gasteiger partial charge in [0, 0.05) is 22.5 Å². The molecule has 2 unspecified atom stereocenters. The Labute approximate surface area is 127 Å². The van der Waals surface area contributed by atoms with Crippen LogP contribution in [-0.4, -0.2) is 12.6 Å². The maximum atomic E-state index is 13.9. The fraction of sp³-hybridized carbons (Fsp3) is 0.250. The largest absolute Gasteiger partial charge is 0.493 e. The first-order valence-corrected chi connectivity index (χ1v) is 7.18. The van der Waals surface area contributed by atoms with Crippen LogP contribution in [0.1, 0.15) is 17.0 Å². The monoisotopic (exact) mass is 306 g/mol. The molecule has 21 heavy (non-hydrogen) atoms. The molecule has 3 nitrogen and oxygen atoms in total. The van der Waals surface area contributed by atoms with E-state index in [1.54, 1.807) is 12.1 Å². The Morgan fingerprint density at radius 2 is 2.14 bits per heavy atom. The van der Waals surface area contributed by atoms with Gasteiger partial charge in [0.05, 0.1) is 6.61 Å². The summed E-state index contributed by atoms with van der Waals surface area (Å²) in [5.74, 6) is 6.35. The highest BCUT2D eigenvalue weighted by atomic mass is 35.5. The van der Waals surface area contributed by atoms with Crippen molar-refractivity contribution in [3.05, 3.63) is 64.4 Å². The number of ether oxygens (including phenoxy) is 1. The SMILES string of the molecule is NNC(Cc1ccc(Cl)cc1F)C1COc2ccccc21. The van der Waals surface area contributed by atoms with Crippen LogP contribution in [0.4, 0.5) is 4.39 Å². The lowest BCUT2D eigenvalue weighted by Gasteiger charge is -2.22. The van der Waals surface area contributed by atoms with Crippen LogP contribution in [0, 0.1) is 5.82 Å². The van der Waals surface area contributed by atoms with E-state index in [1.165, 1.54) is 6.07 Å². The third kappa shape index (κ3) is 2.88. The average molecular weight is 307 g/mol. The number of benzene rings is 2. The Kier molecular flexibility index (Phi) is 4.10. The van der Waals surface area contributed by atoms with Gasteiger partial charge in [0.1, 0.15) is 11.6 Å². The predicted octanol–water partition coefficient (Wildman–Crippen LogP) is 3.03. The first-order valence-electron chi connectivity index (χ1n) is 6.81. The van der Waals surface area contributed by atoms with E-state index >= 15 is 0 Å². The summed E-state index contributed by atoms with van der Waals surface area (Å²) in [6.07, 6.45) is 0.474. The highest BCUT2D eigenvalue weighted by Gasteiger charge is 2.31. The lowest BCUT2D eigenvalue weighted by Crippen LogP contribution is -2.42. The van der Waals surface area contributed by atoms with Crippen molar-refractivity contribution in [2.24, 2.45) is 5.84 Å². The van der Waals surface area contributed by atoms with Gasteiger partial charge in [-0.2, -0.15) is 0 Å². The van der Waals surface area contributed by atoms with E-state index in [0.29, 0.717) is 23.6 Å². The first-order chi connectivity index (χ1) is 10.2. The predicted molar refractivity (Wildman–Crippen MR) is 80.9 cm³/mol. The molecular formula is C16H16ClFN2O. The number of hydrogen-bond acceptors (Lipinski definition) is 3. The summed E-state index contributed by atoms with van der Waals surface area (Å²) >= 11 is 5.78. The van der Waals surface area contributed by atoms with Crippen LogP contribution in [0.3, 0.4) is 0 Å². The van der Waals surface area contributed by atoms with Crippen molar-refractivity contribution in [1.29, 1.82) is 0 Å². The van der Waals surface area contributed by atoms with Crippen molar-refractivity contribution in [3.63, 3.8) is 0 Å². The molecule has 0 amide bonds. The van der Waals surface area contributed by atoms with Gasteiger partial charge in [-0.25, -0.2) is 4.39 Å². The number of fused-ring (bicyclic) bond motifs is 1. The summed E-state index contributed by atoms with van der Waals surface area (Å²) < 4.78 is 19.6. The Morgan fingerprint density at radius 1 is 1.33 bits per heavy atom. The quantitative estimate of drug-likeness (QED) is 0.674. The van der Waals surface area contributed by atoms with Crippen molar-refractivity contribution in [2.75, 3.05) is 6.61 Å². The molecule has 0 bridgehead atoms. The molecule has 0 saturated carbocycles. The fourth-order valence-corrected chi connectivity index (χ4v) is 2.92. The topological polar surface area (TPSA) is 47.3 Å². The zero-order valence-electron chi connectivity index (χ0n) is 11.4.